The number of ether oxygens (including phenoxy) is 10. The molecule has 0 spiro atoms. The molecule has 0 amide bonds. The molecule has 4 bridgehead atoms. The van der Waals surface area contributed by atoms with Gasteiger partial charge in [0.2, 0.25) is 0 Å². The minimum absolute atomic E-state index is 0.244. The summed E-state index contributed by atoms with van der Waals surface area (Å²) in [6.07, 6.45) is -9.58. The van der Waals surface area contributed by atoms with E-state index in [2.05, 4.69) is 4.74 Å². The van der Waals surface area contributed by atoms with Gasteiger partial charge >= 0.3 is 29.8 Å². The zero-order valence-electron chi connectivity index (χ0n) is 33.2. The monoisotopic (exact) mass is 802 g/mol. The zero-order chi connectivity index (χ0) is 41.6. The minimum Gasteiger partial charge on any atom is -0.497 e. The van der Waals surface area contributed by atoms with Gasteiger partial charge in [0.1, 0.15) is 58.4 Å². The maximum Gasteiger partial charge on any atom is 0.318 e. The molecule has 0 aliphatic carbocycles. The van der Waals surface area contributed by atoms with E-state index in [1.165, 1.54) is 21.1 Å². The summed E-state index contributed by atoms with van der Waals surface area (Å²) in [5.74, 6) is -3.41. The van der Waals surface area contributed by atoms with Crippen LogP contribution < -0.4 is 9.47 Å². The van der Waals surface area contributed by atoms with Gasteiger partial charge in [0.25, 0.3) is 0 Å². The predicted molar refractivity (Wildman–Crippen MR) is 199 cm³/mol. The molecule has 0 N–H and O–H groups in total. The zero-order valence-corrected chi connectivity index (χ0v) is 33.2. The summed E-state index contributed by atoms with van der Waals surface area (Å²) >= 11 is 0. The summed E-state index contributed by atoms with van der Waals surface area (Å²) in [6.45, 7) is 2.94. The molecule has 4 fully saturated rings. The second kappa shape index (κ2) is 15.7. The SMILES string of the molecule is COC(=O)CCC(=O)OC1C(C)C2OC1C1(C(=O)OC)C3OC(C(OC(c4ccccc4)(c4ccc(OC)cc4)c4ccc(OC)cc4)C3OC(C)=O)C21C(=O)OC. The maximum absolute atomic E-state index is 14.8. The number of methoxy groups -OCH3 is 5. The lowest BCUT2D eigenvalue weighted by atomic mass is 9.46. The summed E-state index contributed by atoms with van der Waals surface area (Å²) < 4.78 is 59.6. The number of esters is 5. The van der Waals surface area contributed by atoms with Crippen LogP contribution in [0.15, 0.2) is 78.9 Å². The Hall–Kier alpha value is -5.51. The third-order valence-corrected chi connectivity index (χ3v) is 12.1. The summed E-state index contributed by atoms with van der Waals surface area (Å²) in [5, 5.41) is 0. The van der Waals surface area contributed by atoms with Gasteiger partial charge in [-0.15, -0.1) is 0 Å². The molecule has 7 rings (SSSR count). The summed E-state index contributed by atoms with van der Waals surface area (Å²) in [4.78, 5) is 67.5. The Morgan fingerprint density at radius 1 is 0.569 bits per heavy atom. The van der Waals surface area contributed by atoms with Crippen LogP contribution in [0, 0.1) is 16.7 Å². The van der Waals surface area contributed by atoms with Gasteiger partial charge in [-0.05, 0) is 41.0 Å². The van der Waals surface area contributed by atoms with Crippen LogP contribution in [0.25, 0.3) is 0 Å². The van der Waals surface area contributed by atoms with Gasteiger partial charge in [0.05, 0.1) is 54.5 Å². The van der Waals surface area contributed by atoms with Crippen molar-refractivity contribution in [2.45, 2.75) is 75.0 Å². The Bertz CT molecular complexity index is 1990. The molecule has 3 aromatic rings. The molecular formula is C43H46O15. The van der Waals surface area contributed by atoms with Crippen LogP contribution in [0.1, 0.15) is 43.4 Å². The second-order valence-corrected chi connectivity index (χ2v) is 14.7. The van der Waals surface area contributed by atoms with Crippen molar-refractivity contribution in [1.82, 2.24) is 0 Å². The highest BCUT2D eigenvalue weighted by atomic mass is 16.7. The fourth-order valence-electron chi connectivity index (χ4n) is 9.86. The van der Waals surface area contributed by atoms with Crippen molar-refractivity contribution in [1.29, 1.82) is 0 Å². The van der Waals surface area contributed by atoms with Crippen LogP contribution in [-0.4, -0.2) is 108 Å². The van der Waals surface area contributed by atoms with Crippen LogP contribution >= 0.6 is 0 Å². The number of benzene rings is 3. The van der Waals surface area contributed by atoms with E-state index in [0.717, 1.165) is 7.11 Å². The number of fused-ring (bicyclic) bond motifs is 9. The Kier molecular flexibility index (Phi) is 11.0. The molecule has 0 aromatic heterocycles. The van der Waals surface area contributed by atoms with Crippen LogP contribution in [-0.2, 0) is 67.5 Å². The van der Waals surface area contributed by atoms with Gasteiger partial charge in [0, 0.05) is 12.8 Å². The van der Waals surface area contributed by atoms with E-state index in [0.29, 0.717) is 28.2 Å². The standard InChI is InChI=1S/C43H46O15/c1-23-32(55-31(46)22-21-30(45)51-5)36-42(40(48)53-7)37-33(54-24(2)44)34(38(57-37)41(42,35(23)56-36)39(47)52-6)58-43(25-11-9-8-10-12-25,26-13-17-28(49-3)18-14-26)27-15-19-29(50-4)20-16-27/h8-20,23,32-38H,21-22H2,1-7H3. The molecule has 10 unspecified atom stereocenters. The molecule has 58 heavy (non-hydrogen) atoms. The van der Waals surface area contributed by atoms with Gasteiger partial charge in [0.15, 0.2) is 6.10 Å². The average Bonchev–Trinajstić information content (AvgIpc) is 3.96. The topological polar surface area (TPSA) is 178 Å². The first-order chi connectivity index (χ1) is 27.9. The highest BCUT2D eigenvalue weighted by Gasteiger charge is 2.94. The lowest BCUT2D eigenvalue weighted by molar-refractivity contribution is -0.217. The smallest absolute Gasteiger partial charge is 0.318 e. The average molecular weight is 803 g/mol. The number of hydrogen-bond donors (Lipinski definition) is 0. The second-order valence-electron chi connectivity index (χ2n) is 14.7. The molecule has 0 saturated carbocycles. The molecule has 3 aromatic carbocycles. The van der Waals surface area contributed by atoms with Gasteiger partial charge < -0.3 is 47.4 Å². The molecule has 4 aliphatic rings. The summed E-state index contributed by atoms with van der Waals surface area (Å²) in [5.41, 5.74) is -3.60. The Labute approximate surface area is 335 Å². The number of hydrogen-bond acceptors (Lipinski definition) is 15. The summed E-state index contributed by atoms with van der Waals surface area (Å²) in [7, 11) is 6.66. The van der Waals surface area contributed by atoms with Crippen molar-refractivity contribution in [3.63, 3.8) is 0 Å². The molecule has 4 heterocycles. The van der Waals surface area contributed by atoms with Crippen molar-refractivity contribution in [2.75, 3.05) is 35.5 Å². The quantitative estimate of drug-likeness (QED) is 0.131. The largest absolute Gasteiger partial charge is 0.497 e. The van der Waals surface area contributed by atoms with Crippen LogP contribution in [0.3, 0.4) is 0 Å². The van der Waals surface area contributed by atoms with Crippen molar-refractivity contribution < 1.29 is 71.3 Å². The van der Waals surface area contributed by atoms with Crippen molar-refractivity contribution >= 4 is 29.8 Å². The van der Waals surface area contributed by atoms with Crippen molar-refractivity contribution in [3.05, 3.63) is 95.6 Å². The van der Waals surface area contributed by atoms with Gasteiger partial charge in [-0.2, -0.15) is 0 Å². The first kappa shape index (κ1) is 40.7. The van der Waals surface area contributed by atoms with Crippen molar-refractivity contribution in [3.8, 4) is 11.5 Å². The van der Waals surface area contributed by atoms with Gasteiger partial charge in [-0.1, -0.05) is 61.5 Å². The lowest BCUT2D eigenvalue weighted by Gasteiger charge is -2.53. The lowest BCUT2D eigenvalue weighted by Crippen LogP contribution is -2.75. The fourth-order valence-corrected chi connectivity index (χ4v) is 9.86. The molecule has 308 valence electrons. The normalized spacial score (nSPS) is 30.2. The van der Waals surface area contributed by atoms with E-state index in [9.17, 15) is 24.0 Å². The van der Waals surface area contributed by atoms with Crippen LogP contribution in [0.5, 0.6) is 11.5 Å². The molecule has 15 nitrogen and oxygen atoms in total. The first-order valence-corrected chi connectivity index (χ1v) is 18.8. The van der Waals surface area contributed by atoms with E-state index >= 15 is 0 Å². The van der Waals surface area contributed by atoms with E-state index in [1.807, 2.05) is 54.6 Å². The number of rotatable bonds is 14. The van der Waals surface area contributed by atoms with Gasteiger partial charge in [-0.3, -0.25) is 24.0 Å². The number of carbonyl (C=O) groups excluding carboxylic acids is 5. The first-order valence-electron chi connectivity index (χ1n) is 18.8. The van der Waals surface area contributed by atoms with Crippen LogP contribution in [0.2, 0.25) is 0 Å². The molecule has 10 atom stereocenters. The van der Waals surface area contributed by atoms with E-state index in [4.69, 9.17) is 42.6 Å². The Balaban J connectivity index is 1.43. The van der Waals surface area contributed by atoms with E-state index in [-0.39, 0.29) is 12.8 Å². The molecule has 15 heteroatoms. The fraction of sp³-hybridized carbons (Fsp3) is 0.465. The van der Waals surface area contributed by atoms with E-state index < -0.39 is 94.9 Å². The number of carbonyl (C=O) groups is 5. The van der Waals surface area contributed by atoms with Crippen molar-refractivity contribution in [2.24, 2.45) is 16.7 Å². The summed E-state index contributed by atoms with van der Waals surface area (Å²) in [6, 6.07) is 23.9. The predicted octanol–water partition coefficient (Wildman–Crippen LogP) is 3.69. The molecule has 4 saturated heterocycles. The van der Waals surface area contributed by atoms with Crippen LogP contribution in [0.4, 0.5) is 0 Å². The highest BCUT2D eigenvalue weighted by Crippen LogP contribution is 2.74. The third-order valence-electron chi connectivity index (χ3n) is 12.1. The molecule has 4 aliphatic heterocycles. The maximum atomic E-state index is 14.8. The Morgan fingerprint density at radius 3 is 1.53 bits per heavy atom. The third kappa shape index (κ3) is 5.84. The van der Waals surface area contributed by atoms with Gasteiger partial charge in [-0.25, -0.2) is 0 Å². The van der Waals surface area contributed by atoms with E-state index in [1.54, 1.807) is 45.4 Å². The Morgan fingerprint density at radius 2 is 1.03 bits per heavy atom. The highest BCUT2D eigenvalue weighted by molar-refractivity contribution is 5.94. The molecular weight excluding hydrogens is 756 g/mol. The minimum atomic E-state index is -2.07. The molecule has 0 radical (unpaired) electrons.